The summed E-state index contributed by atoms with van der Waals surface area (Å²) in [6, 6.07) is 4.97. The van der Waals surface area contributed by atoms with Crippen LogP contribution in [0.2, 0.25) is 0 Å². The first kappa shape index (κ1) is 20.1. The number of halogens is 4. The highest BCUT2D eigenvalue weighted by molar-refractivity contribution is 8.00. The number of alkyl halides is 3. The van der Waals surface area contributed by atoms with E-state index >= 15 is 0 Å². The van der Waals surface area contributed by atoms with Gasteiger partial charge in [-0.25, -0.2) is 0 Å². The molecule has 21 heavy (non-hydrogen) atoms. The van der Waals surface area contributed by atoms with Crippen molar-refractivity contribution in [3.05, 3.63) is 29.8 Å². The standard InChI is InChI=1S/C13H17F3N2OS.ClH/c1-2-17-6-7-18-12(19)9-20-11-5-3-4-10(8-11)13(14,15)16;/h3-5,8,17H,2,6-7,9H2,1H3,(H,18,19);1H. The molecule has 3 nitrogen and oxygen atoms in total. The molecule has 0 bridgehead atoms. The molecule has 0 aliphatic carbocycles. The topological polar surface area (TPSA) is 41.1 Å². The van der Waals surface area contributed by atoms with Crippen molar-refractivity contribution in [2.45, 2.75) is 18.0 Å². The number of nitrogens with one attached hydrogen (secondary N) is 2. The highest BCUT2D eigenvalue weighted by Gasteiger charge is 2.30. The summed E-state index contributed by atoms with van der Waals surface area (Å²) in [5.74, 6) is -0.0849. The van der Waals surface area contributed by atoms with Crippen LogP contribution < -0.4 is 10.6 Å². The Bertz CT molecular complexity index is 444. The summed E-state index contributed by atoms with van der Waals surface area (Å²) >= 11 is 1.09. The maximum atomic E-state index is 12.5. The molecule has 1 amide bonds. The zero-order chi connectivity index (χ0) is 15.0. The molecule has 120 valence electrons. The van der Waals surface area contributed by atoms with E-state index in [1.165, 1.54) is 6.07 Å². The number of hydrogen-bond acceptors (Lipinski definition) is 3. The van der Waals surface area contributed by atoms with Gasteiger partial charge < -0.3 is 10.6 Å². The molecule has 0 atom stereocenters. The van der Waals surface area contributed by atoms with Gasteiger partial charge in [0, 0.05) is 18.0 Å². The summed E-state index contributed by atoms with van der Waals surface area (Å²) in [7, 11) is 0. The Morgan fingerprint density at radius 2 is 2.00 bits per heavy atom. The Balaban J connectivity index is 0.00000400. The average Bonchev–Trinajstić information content (AvgIpc) is 2.41. The van der Waals surface area contributed by atoms with Crippen molar-refractivity contribution in [1.82, 2.24) is 10.6 Å². The number of amides is 1. The number of benzene rings is 1. The lowest BCUT2D eigenvalue weighted by molar-refractivity contribution is -0.137. The van der Waals surface area contributed by atoms with Gasteiger partial charge in [-0.1, -0.05) is 13.0 Å². The van der Waals surface area contributed by atoms with E-state index in [9.17, 15) is 18.0 Å². The summed E-state index contributed by atoms with van der Waals surface area (Å²) in [5, 5.41) is 5.74. The molecular formula is C13H18ClF3N2OS. The van der Waals surface area contributed by atoms with Gasteiger partial charge in [0.1, 0.15) is 0 Å². The summed E-state index contributed by atoms with van der Waals surface area (Å²) in [5.41, 5.74) is -0.699. The van der Waals surface area contributed by atoms with E-state index in [1.54, 1.807) is 6.07 Å². The fourth-order valence-corrected chi connectivity index (χ4v) is 2.21. The van der Waals surface area contributed by atoms with E-state index in [0.717, 1.165) is 30.4 Å². The molecule has 0 radical (unpaired) electrons. The van der Waals surface area contributed by atoms with Crippen molar-refractivity contribution in [3.63, 3.8) is 0 Å². The Morgan fingerprint density at radius 1 is 1.29 bits per heavy atom. The monoisotopic (exact) mass is 342 g/mol. The van der Waals surface area contributed by atoms with Gasteiger partial charge in [-0.15, -0.1) is 24.2 Å². The fourth-order valence-electron chi connectivity index (χ4n) is 1.43. The first-order valence-electron chi connectivity index (χ1n) is 6.21. The predicted molar refractivity (Wildman–Crippen MR) is 81.0 cm³/mol. The molecule has 2 N–H and O–H groups in total. The Morgan fingerprint density at radius 3 is 2.62 bits per heavy atom. The fraction of sp³-hybridized carbons (Fsp3) is 0.462. The number of hydrogen-bond donors (Lipinski definition) is 2. The van der Waals surface area contributed by atoms with Crippen LogP contribution >= 0.6 is 24.2 Å². The molecule has 0 aromatic heterocycles. The Hall–Kier alpha value is -0.920. The molecule has 0 unspecified atom stereocenters. The number of thioether (sulfide) groups is 1. The number of likely N-dealkylation sites (N-methyl/N-ethyl adjacent to an activating group) is 1. The zero-order valence-electron chi connectivity index (χ0n) is 11.5. The lowest BCUT2D eigenvalue weighted by Crippen LogP contribution is -2.32. The van der Waals surface area contributed by atoms with Crippen molar-refractivity contribution in [1.29, 1.82) is 0 Å². The molecule has 0 spiro atoms. The first-order valence-corrected chi connectivity index (χ1v) is 7.19. The largest absolute Gasteiger partial charge is 0.416 e. The second kappa shape index (κ2) is 9.92. The van der Waals surface area contributed by atoms with Gasteiger partial charge in [-0.2, -0.15) is 13.2 Å². The van der Waals surface area contributed by atoms with E-state index < -0.39 is 11.7 Å². The van der Waals surface area contributed by atoms with Gasteiger partial charge in [0.2, 0.25) is 5.91 Å². The molecule has 8 heteroatoms. The molecule has 1 rings (SSSR count). The van der Waals surface area contributed by atoms with Crippen LogP contribution in [0.3, 0.4) is 0 Å². The van der Waals surface area contributed by atoms with Crippen LogP contribution in [0.1, 0.15) is 12.5 Å². The van der Waals surface area contributed by atoms with E-state index in [1.807, 2.05) is 6.92 Å². The molecule has 0 saturated heterocycles. The average molecular weight is 343 g/mol. The minimum absolute atomic E-state index is 0. The van der Waals surface area contributed by atoms with E-state index in [4.69, 9.17) is 0 Å². The van der Waals surface area contributed by atoms with Gasteiger partial charge in [0.15, 0.2) is 0 Å². The maximum Gasteiger partial charge on any atom is 0.416 e. The lowest BCUT2D eigenvalue weighted by Gasteiger charge is -2.09. The van der Waals surface area contributed by atoms with Crippen LogP contribution in [0.15, 0.2) is 29.2 Å². The quantitative estimate of drug-likeness (QED) is 0.591. The molecule has 1 aromatic rings. The van der Waals surface area contributed by atoms with Crippen LogP contribution in [0.5, 0.6) is 0 Å². The second-order valence-corrected chi connectivity index (χ2v) is 5.07. The van der Waals surface area contributed by atoms with Crippen molar-refractivity contribution in [3.8, 4) is 0 Å². The molecule has 0 heterocycles. The summed E-state index contributed by atoms with van der Waals surface area (Å²) < 4.78 is 37.5. The summed E-state index contributed by atoms with van der Waals surface area (Å²) in [6.45, 7) is 3.98. The number of carbonyl (C=O) groups excluding carboxylic acids is 1. The lowest BCUT2D eigenvalue weighted by atomic mass is 10.2. The second-order valence-electron chi connectivity index (χ2n) is 4.02. The molecule has 0 fully saturated rings. The third-order valence-electron chi connectivity index (χ3n) is 2.41. The van der Waals surface area contributed by atoms with E-state index in [0.29, 0.717) is 18.0 Å². The third-order valence-corrected chi connectivity index (χ3v) is 3.40. The minimum atomic E-state index is -4.36. The van der Waals surface area contributed by atoms with Gasteiger partial charge >= 0.3 is 6.18 Å². The molecular weight excluding hydrogens is 325 g/mol. The minimum Gasteiger partial charge on any atom is -0.354 e. The van der Waals surface area contributed by atoms with Crippen LogP contribution in [-0.2, 0) is 11.0 Å². The molecule has 0 aliphatic rings. The number of carbonyl (C=O) groups is 1. The highest BCUT2D eigenvalue weighted by atomic mass is 35.5. The van der Waals surface area contributed by atoms with Crippen LogP contribution in [0.4, 0.5) is 13.2 Å². The molecule has 0 saturated carbocycles. The third kappa shape index (κ3) is 8.18. The van der Waals surface area contributed by atoms with Crippen LogP contribution in [0, 0.1) is 0 Å². The maximum absolute atomic E-state index is 12.5. The van der Waals surface area contributed by atoms with Crippen molar-refractivity contribution in [2.24, 2.45) is 0 Å². The van der Waals surface area contributed by atoms with Gasteiger partial charge in [-0.3, -0.25) is 4.79 Å². The van der Waals surface area contributed by atoms with Gasteiger partial charge in [-0.05, 0) is 24.7 Å². The summed E-state index contributed by atoms with van der Waals surface area (Å²) in [6.07, 6.45) is -4.36. The van der Waals surface area contributed by atoms with Crippen LogP contribution in [0.25, 0.3) is 0 Å². The smallest absolute Gasteiger partial charge is 0.354 e. The van der Waals surface area contributed by atoms with E-state index in [-0.39, 0.29) is 24.1 Å². The predicted octanol–water partition coefficient (Wildman–Crippen LogP) is 2.95. The normalized spacial score (nSPS) is 10.9. The van der Waals surface area contributed by atoms with Crippen molar-refractivity contribution < 1.29 is 18.0 Å². The van der Waals surface area contributed by atoms with Gasteiger partial charge in [0.05, 0.1) is 11.3 Å². The van der Waals surface area contributed by atoms with E-state index in [2.05, 4.69) is 10.6 Å². The Labute approximate surface area is 132 Å². The van der Waals surface area contributed by atoms with Gasteiger partial charge in [0.25, 0.3) is 0 Å². The zero-order valence-corrected chi connectivity index (χ0v) is 13.1. The van der Waals surface area contributed by atoms with Crippen LogP contribution in [-0.4, -0.2) is 31.3 Å². The van der Waals surface area contributed by atoms with Crippen molar-refractivity contribution >= 4 is 30.1 Å². The van der Waals surface area contributed by atoms with Crippen molar-refractivity contribution in [2.75, 3.05) is 25.4 Å². The molecule has 0 aliphatic heterocycles. The first-order chi connectivity index (χ1) is 9.43. The summed E-state index contributed by atoms with van der Waals surface area (Å²) in [4.78, 5) is 11.9. The highest BCUT2D eigenvalue weighted by Crippen LogP contribution is 2.31. The molecule has 1 aromatic carbocycles. The SMILES string of the molecule is CCNCCNC(=O)CSc1cccc(C(F)(F)F)c1.Cl. The Kier molecular flexibility index (Phi) is 9.48. The number of rotatable bonds is 7.